The number of carbonyl (C=O) groups excluding carboxylic acids is 1. The second kappa shape index (κ2) is 7.20. The molecule has 0 spiro atoms. The minimum atomic E-state index is 0.0139. The molecule has 22 heavy (non-hydrogen) atoms. The van der Waals surface area contributed by atoms with Gasteiger partial charge in [0.2, 0.25) is 11.8 Å². The Bertz CT molecular complexity index is 636. The number of fused-ring (bicyclic) bond motifs is 1. The van der Waals surface area contributed by atoms with E-state index in [-0.39, 0.29) is 12.0 Å². The van der Waals surface area contributed by atoms with Gasteiger partial charge in [-0.2, -0.15) is 4.52 Å². The monoisotopic (exact) mass is 305 g/mol. The lowest BCUT2D eigenvalue weighted by molar-refractivity contribution is -0.121. The lowest BCUT2D eigenvalue weighted by atomic mass is 10.2. The minimum Gasteiger partial charge on any atom is -0.474 e. The number of aromatic nitrogens is 4. The van der Waals surface area contributed by atoms with Gasteiger partial charge in [-0.25, -0.2) is 0 Å². The Balaban J connectivity index is 2.03. The molecule has 0 saturated heterocycles. The van der Waals surface area contributed by atoms with Gasteiger partial charge in [-0.1, -0.05) is 13.8 Å². The van der Waals surface area contributed by atoms with Crippen LogP contribution in [0, 0.1) is 5.92 Å². The van der Waals surface area contributed by atoms with E-state index in [9.17, 15) is 4.79 Å². The maximum absolute atomic E-state index is 11.8. The third kappa shape index (κ3) is 4.41. The quantitative estimate of drug-likeness (QED) is 0.840. The number of aryl methyl sites for hydroxylation is 1. The molecule has 120 valence electrons. The summed E-state index contributed by atoms with van der Waals surface area (Å²) in [5.41, 5.74) is 0.647. The molecule has 0 unspecified atom stereocenters. The van der Waals surface area contributed by atoms with Crippen molar-refractivity contribution in [2.45, 2.75) is 46.6 Å². The van der Waals surface area contributed by atoms with Gasteiger partial charge < -0.3 is 10.1 Å². The first kappa shape index (κ1) is 16.2. The second-order valence-electron chi connectivity index (χ2n) is 5.92. The fourth-order valence-electron chi connectivity index (χ4n) is 1.91. The van der Waals surface area contributed by atoms with Gasteiger partial charge in [-0.15, -0.1) is 15.3 Å². The average Bonchev–Trinajstić information content (AvgIpc) is 2.84. The predicted molar refractivity (Wildman–Crippen MR) is 82.7 cm³/mol. The molecule has 0 aliphatic heterocycles. The molecule has 2 aromatic heterocycles. The van der Waals surface area contributed by atoms with Gasteiger partial charge in [0.15, 0.2) is 11.5 Å². The zero-order chi connectivity index (χ0) is 16.1. The topological polar surface area (TPSA) is 81.4 Å². The van der Waals surface area contributed by atoms with Gasteiger partial charge in [-0.05, 0) is 25.8 Å². The van der Waals surface area contributed by atoms with E-state index < -0.39 is 0 Å². The molecule has 7 heteroatoms. The highest BCUT2D eigenvalue weighted by Gasteiger charge is 2.11. The van der Waals surface area contributed by atoms with E-state index in [0.29, 0.717) is 42.7 Å². The van der Waals surface area contributed by atoms with Crippen LogP contribution in [0.4, 0.5) is 0 Å². The summed E-state index contributed by atoms with van der Waals surface area (Å²) in [6, 6.07) is 3.57. The fourth-order valence-corrected chi connectivity index (χ4v) is 1.91. The summed E-state index contributed by atoms with van der Waals surface area (Å²) in [6.45, 7) is 8.69. The number of nitrogens with one attached hydrogen (secondary N) is 1. The molecule has 0 bridgehead atoms. The molecule has 1 N–H and O–H groups in total. The van der Waals surface area contributed by atoms with E-state index in [1.165, 1.54) is 0 Å². The Morgan fingerprint density at radius 3 is 2.73 bits per heavy atom. The molecule has 2 aromatic rings. The Kier molecular flexibility index (Phi) is 5.30. The van der Waals surface area contributed by atoms with Crippen molar-refractivity contribution >= 4 is 11.6 Å². The SMILES string of the molecule is CC(C)CNC(=O)CCc1nnc2ccc(OC(C)C)nn12. The summed E-state index contributed by atoms with van der Waals surface area (Å²) in [7, 11) is 0. The van der Waals surface area contributed by atoms with Crippen LogP contribution < -0.4 is 10.1 Å². The lowest BCUT2D eigenvalue weighted by Crippen LogP contribution is -2.27. The molecule has 0 aromatic carbocycles. The van der Waals surface area contributed by atoms with E-state index in [0.717, 1.165) is 0 Å². The standard InChI is InChI=1S/C15H23N5O2/c1-10(2)9-16-14(21)7-5-12-17-18-13-6-8-15(19-20(12)13)22-11(3)4/h6,8,10-11H,5,7,9H2,1-4H3,(H,16,21). The van der Waals surface area contributed by atoms with Crippen LogP contribution in [0.3, 0.4) is 0 Å². The largest absolute Gasteiger partial charge is 0.474 e. The summed E-state index contributed by atoms with van der Waals surface area (Å²) < 4.78 is 7.20. The van der Waals surface area contributed by atoms with Crippen molar-refractivity contribution in [3.8, 4) is 5.88 Å². The number of rotatable bonds is 7. The Morgan fingerprint density at radius 1 is 1.27 bits per heavy atom. The van der Waals surface area contributed by atoms with Crippen LogP contribution in [-0.4, -0.2) is 38.4 Å². The lowest BCUT2D eigenvalue weighted by Gasteiger charge is -2.09. The molecular weight excluding hydrogens is 282 g/mol. The number of amides is 1. The van der Waals surface area contributed by atoms with Crippen LogP contribution in [0.5, 0.6) is 5.88 Å². The van der Waals surface area contributed by atoms with Crippen molar-refractivity contribution in [2.24, 2.45) is 5.92 Å². The first-order valence-electron chi connectivity index (χ1n) is 7.60. The van der Waals surface area contributed by atoms with E-state index in [2.05, 4.69) is 34.5 Å². The smallest absolute Gasteiger partial charge is 0.232 e. The fraction of sp³-hybridized carbons (Fsp3) is 0.600. The molecule has 0 radical (unpaired) electrons. The normalized spacial score (nSPS) is 11.4. The molecule has 0 saturated carbocycles. The minimum absolute atomic E-state index is 0.0139. The van der Waals surface area contributed by atoms with Crippen LogP contribution in [0.25, 0.3) is 5.65 Å². The average molecular weight is 305 g/mol. The molecule has 0 fully saturated rings. The van der Waals surface area contributed by atoms with Gasteiger partial charge >= 0.3 is 0 Å². The van der Waals surface area contributed by atoms with Crippen LogP contribution >= 0.6 is 0 Å². The molecule has 0 atom stereocenters. The predicted octanol–water partition coefficient (Wildman–Crippen LogP) is 1.62. The van der Waals surface area contributed by atoms with E-state index in [4.69, 9.17) is 4.74 Å². The molecule has 2 heterocycles. The number of carbonyl (C=O) groups is 1. The van der Waals surface area contributed by atoms with Crippen molar-refractivity contribution in [3.05, 3.63) is 18.0 Å². The van der Waals surface area contributed by atoms with Gasteiger partial charge in [-0.3, -0.25) is 4.79 Å². The van der Waals surface area contributed by atoms with Gasteiger partial charge in [0.05, 0.1) is 6.10 Å². The molecular formula is C15H23N5O2. The number of hydrogen-bond acceptors (Lipinski definition) is 5. The molecule has 7 nitrogen and oxygen atoms in total. The second-order valence-corrected chi connectivity index (χ2v) is 5.92. The van der Waals surface area contributed by atoms with Crippen LogP contribution in [0.1, 0.15) is 39.9 Å². The van der Waals surface area contributed by atoms with Crippen molar-refractivity contribution in [1.29, 1.82) is 0 Å². The Morgan fingerprint density at radius 2 is 2.05 bits per heavy atom. The third-order valence-corrected chi connectivity index (χ3v) is 2.94. The molecule has 0 aliphatic carbocycles. The highest BCUT2D eigenvalue weighted by atomic mass is 16.5. The summed E-state index contributed by atoms with van der Waals surface area (Å²) >= 11 is 0. The zero-order valence-electron chi connectivity index (χ0n) is 13.5. The first-order chi connectivity index (χ1) is 10.5. The number of hydrogen-bond donors (Lipinski definition) is 1. The van der Waals surface area contributed by atoms with Gasteiger partial charge in [0.1, 0.15) is 0 Å². The molecule has 0 aliphatic rings. The summed E-state index contributed by atoms with van der Waals surface area (Å²) in [5, 5.41) is 15.4. The maximum atomic E-state index is 11.8. The first-order valence-corrected chi connectivity index (χ1v) is 7.60. The highest BCUT2D eigenvalue weighted by Crippen LogP contribution is 2.11. The van der Waals surface area contributed by atoms with Crippen molar-refractivity contribution in [2.75, 3.05) is 6.54 Å². The summed E-state index contributed by atoms with van der Waals surface area (Å²) in [6.07, 6.45) is 0.903. The number of nitrogens with zero attached hydrogens (tertiary/aromatic N) is 4. The van der Waals surface area contributed by atoms with Crippen LogP contribution in [0.15, 0.2) is 12.1 Å². The van der Waals surface area contributed by atoms with E-state index >= 15 is 0 Å². The number of ether oxygens (including phenoxy) is 1. The molecule has 1 amide bonds. The van der Waals surface area contributed by atoms with E-state index in [1.54, 1.807) is 16.6 Å². The Labute approximate surface area is 130 Å². The summed E-state index contributed by atoms with van der Waals surface area (Å²) in [5.74, 6) is 1.63. The summed E-state index contributed by atoms with van der Waals surface area (Å²) in [4.78, 5) is 11.8. The van der Waals surface area contributed by atoms with Gasteiger partial charge in [0, 0.05) is 25.5 Å². The van der Waals surface area contributed by atoms with Crippen LogP contribution in [-0.2, 0) is 11.2 Å². The third-order valence-electron chi connectivity index (χ3n) is 2.94. The highest BCUT2D eigenvalue weighted by molar-refractivity contribution is 5.76. The van der Waals surface area contributed by atoms with Crippen molar-refractivity contribution in [3.63, 3.8) is 0 Å². The van der Waals surface area contributed by atoms with Gasteiger partial charge in [0.25, 0.3) is 0 Å². The zero-order valence-corrected chi connectivity index (χ0v) is 13.5. The van der Waals surface area contributed by atoms with Crippen molar-refractivity contribution in [1.82, 2.24) is 25.1 Å². The van der Waals surface area contributed by atoms with Crippen LogP contribution in [0.2, 0.25) is 0 Å². The molecule has 2 rings (SSSR count). The van der Waals surface area contributed by atoms with Crippen molar-refractivity contribution < 1.29 is 9.53 Å². The Hall–Kier alpha value is -2.18. The maximum Gasteiger partial charge on any atom is 0.232 e. The van der Waals surface area contributed by atoms with E-state index in [1.807, 2.05) is 13.8 Å².